The quantitative estimate of drug-likeness (QED) is 0.789. The Morgan fingerprint density at radius 3 is 2.52 bits per heavy atom. The summed E-state index contributed by atoms with van der Waals surface area (Å²) in [6.45, 7) is 3.16. The van der Waals surface area contributed by atoms with E-state index in [0.29, 0.717) is 5.69 Å². The maximum Gasteiger partial charge on any atom is 0.417 e. The lowest BCUT2D eigenvalue weighted by Gasteiger charge is -2.16. The van der Waals surface area contributed by atoms with E-state index in [2.05, 4.69) is 4.98 Å². The van der Waals surface area contributed by atoms with Gasteiger partial charge in [0.1, 0.15) is 6.61 Å². The third-order valence-electron chi connectivity index (χ3n) is 3.50. The van der Waals surface area contributed by atoms with Crippen molar-refractivity contribution in [3.63, 3.8) is 0 Å². The number of carbonyl (C=O) groups is 1. The minimum absolute atomic E-state index is 0.0788. The van der Waals surface area contributed by atoms with Crippen LogP contribution in [-0.4, -0.2) is 11.0 Å². The molecule has 0 bridgehead atoms. The lowest BCUT2D eigenvalue weighted by Crippen LogP contribution is -2.16. The van der Waals surface area contributed by atoms with E-state index in [-0.39, 0.29) is 12.2 Å². The molecule has 0 amide bonds. The van der Waals surface area contributed by atoms with Crippen LogP contribution in [0.25, 0.3) is 0 Å². The van der Waals surface area contributed by atoms with Gasteiger partial charge in [0.2, 0.25) is 0 Å². The number of carbonyl (C=O) groups excluding carboxylic acids is 1. The molecule has 0 N–H and O–H groups in total. The maximum atomic E-state index is 12.8. The highest BCUT2D eigenvalue weighted by Crippen LogP contribution is 2.31. The molecule has 0 aliphatic heterocycles. The second-order valence-corrected chi connectivity index (χ2v) is 5.21. The van der Waals surface area contributed by atoms with E-state index in [9.17, 15) is 18.0 Å². The first-order valence-electron chi connectivity index (χ1n) is 7.03. The molecule has 0 saturated heterocycles. The highest BCUT2D eigenvalue weighted by atomic mass is 19.4. The number of hydrogen-bond donors (Lipinski definition) is 0. The second-order valence-electron chi connectivity index (χ2n) is 5.21. The second kappa shape index (κ2) is 6.81. The van der Waals surface area contributed by atoms with Crippen LogP contribution in [0.5, 0.6) is 0 Å². The first kappa shape index (κ1) is 17.0. The van der Waals surface area contributed by atoms with Gasteiger partial charge in [-0.2, -0.15) is 13.2 Å². The molecule has 2 rings (SSSR count). The monoisotopic (exact) mass is 323 g/mol. The molecule has 1 unspecified atom stereocenters. The van der Waals surface area contributed by atoms with Gasteiger partial charge in [-0.15, -0.1) is 0 Å². The third kappa shape index (κ3) is 4.31. The Bertz CT molecular complexity index is 684. The molecule has 1 aromatic carbocycles. The lowest BCUT2D eigenvalue weighted by atomic mass is 9.98. The molecule has 0 spiro atoms. The summed E-state index contributed by atoms with van der Waals surface area (Å²) < 4.78 is 43.5. The van der Waals surface area contributed by atoms with Crippen LogP contribution in [-0.2, 0) is 22.3 Å². The van der Waals surface area contributed by atoms with Crippen molar-refractivity contribution in [2.24, 2.45) is 0 Å². The molecule has 0 aliphatic carbocycles. The summed E-state index contributed by atoms with van der Waals surface area (Å²) in [6, 6.07) is 10.0. The summed E-state index contributed by atoms with van der Waals surface area (Å²) in [4.78, 5) is 15.8. The van der Waals surface area contributed by atoms with E-state index in [1.165, 1.54) is 6.92 Å². The predicted molar refractivity (Wildman–Crippen MR) is 78.6 cm³/mol. The van der Waals surface area contributed by atoms with Crippen molar-refractivity contribution in [1.82, 2.24) is 4.98 Å². The molecule has 122 valence electrons. The lowest BCUT2D eigenvalue weighted by molar-refractivity contribution is -0.146. The largest absolute Gasteiger partial charge is 0.460 e. The van der Waals surface area contributed by atoms with E-state index in [0.717, 1.165) is 17.8 Å². The van der Waals surface area contributed by atoms with Crippen LogP contribution in [0.1, 0.15) is 35.2 Å². The fraction of sp³-hybridized carbons (Fsp3) is 0.294. The average Bonchev–Trinajstić information content (AvgIpc) is 2.52. The zero-order valence-electron chi connectivity index (χ0n) is 12.7. The summed E-state index contributed by atoms with van der Waals surface area (Å²) >= 11 is 0. The molecule has 0 fully saturated rings. The third-order valence-corrected chi connectivity index (χ3v) is 3.50. The van der Waals surface area contributed by atoms with Gasteiger partial charge >= 0.3 is 12.1 Å². The molecule has 1 aromatic heterocycles. The van der Waals surface area contributed by atoms with Crippen LogP contribution >= 0.6 is 0 Å². The molecule has 0 radical (unpaired) electrons. The predicted octanol–water partition coefficient (Wildman–Crippen LogP) is 4.26. The van der Waals surface area contributed by atoms with Gasteiger partial charge in [-0.25, -0.2) is 0 Å². The van der Waals surface area contributed by atoms with Crippen LogP contribution in [0.3, 0.4) is 0 Å². The molecule has 1 atom stereocenters. The Morgan fingerprint density at radius 2 is 1.91 bits per heavy atom. The van der Waals surface area contributed by atoms with E-state index in [4.69, 9.17) is 4.74 Å². The SMILES string of the molecule is Cc1ncc(C(F)(F)F)cc1C(C)C(=O)OCc1ccccc1. The summed E-state index contributed by atoms with van der Waals surface area (Å²) in [6.07, 6.45) is -3.73. The van der Waals surface area contributed by atoms with Gasteiger partial charge in [0.05, 0.1) is 11.5 Å². The van der Waals surface area contributed by atoms with Crippen molar-refractivity contribution in [2.45, 2.75) is 32.5 Å². The average molecular weight is 323 g/mol. The van der Waals surface area contributed by atoms with Crippen LogP contribution in [0.2, 0.25) is 0 Å². The maximum absolute atomic E-state index is 12.8. The van der Waals surface area contributed by atoms with Gasteiger partial charge < -0.3 is 4.74 Å². The Labute approximate surface area is 132 Å². The smallest absolute Gasteiger partial charge is 0.417 e. The molecular weight excluding hydrogens is 307 g/mol. The van der Waals surface area contributed by atoms with E-state index < -0.39 is 23.6 Å². The van der Waals surface area contributed by atoms with Gasteiger partial charge in [0, 0.05) is 11.9 Å². The van der Waals surface area contributed by atoms with E-state index >= 15 is 0 Å². The first-order chi connectivity index (χ1) is 10.8. The van der Waals surface area contributed by atoms with Crippen LogP contribution in [0.4, 0.5) is 13.2 Å². The number of halogens is 3. The number of ether oxygens (including phenoxy) is 1. The molecular formula is C17H16F3NO2. The van der Waals surface area contributed by atoms with Crippen LogP contribution in [0, 0.1) is 6.92 Å². The Kier molecular flexibility index (Phi) is 5.03. The van der Waals surface area contributed by atoms with Gasteiger partial charge in [0.15, 0.2) is 0 Å². The summed E-state index contributed by atoms with van der Waals surface area (Å²) in [5.74, 6) is -1.41. The molecule has 6 heteroatoms. The number of pyridine rings is 1. The summed E-state index contributed by atoms with van der Waals surface area (Å²) in [7, 11) is 0. The number of nitrogens with zero attached hydrogens (tertiary/aromatic N) is 1. The Morgan fingerprint density at radius 1 is 1.26 bits per heavy atom. The number of aryl methyl sites for hydroxylation is 1. The number of rotatable bonds is 4. The van der Waals surface area contributed by atoms with Gasteiger partial charge in [0.25, 0.3) is 0 Å². The topological polar surface area (TPSA) is 39.2 Å². The van der Waals surface area contributed by atoms with Crippen LogP contribution < -0.4 is 0 Å². The fourth-order valence-corrected chi connectivity index (χ4v) is 2.12. The highest BCUT2D eigenvalue weighted by molar-refractivity contribution is 5.78. The Balaban J connectivity index is 2.13. The first-order valence-corrected chi connectivity index (χ1v) is 7.03. The van der Waals surface area contributed by atoms with Crippen molar-refractivity contribution in [3.05, 3.63) is 65.0 Å². The highest BCUT2D eigenvalue weighted by Gasteiger charge is 2.32. The van der Waals surface area contributed by atoms with Crippen molar-refractivity contribution >= 4 is 5.97 Å². The molecule has 1 heterocycles. The fourth-order valence-electron chi connectivity index (χ4n) is 2.12. The minimum atomic E-state index is -4.50. The number of hydrogen-bond acceptors (Lipinski definition) is 3. The van der Waals surface area contributed by atoms with Crippen molar-refractivity contribution < 1.29 is 22.7 Å². The molecule has 0 saturated carbocycles. The minimum Gasteiger partial charge on any atom is -0.460 e. The number of aromatic nitrogens is 1. The summed E-state index contributed by atoms with van der Waals surface area (Å²) in [5, 5.41) is 0. The number of alkyl halides is 3. The van der Waals surface area contributed by atoms with Gasteiger partial charge in [-0.3, -0.25) is 9.78 Å². The Hall–Kier alpha value is -2.37. The van der Waals surface area contributed by atoms with Crippen molar-refractivity contribution in [2.75, 3.05) is 0 Å². The van der Waals surface area contributed by atoms with Crippen molar-refractivity contribution in [3.8, 4) is 0 Å². The van der Waals surface area contributed by atoms with E-state index in [1.54, 1.807) is 19.1 Å². The van der Waals surface area contributed by atoms with Gasteiger partial charge in [-0.05, 0) is 31.0 Å². The standard InChI is InChI=1S/C17H16F3NO2/c1-11(16(22)23-10-13-6-4-3-5-7-13)15-8-14(17(18,19)20)9-21-12(15)2/h3-9,11H,10H2,1-2H3. The van der Waals surface area contributed by atoms with Crippen molar-refractivity contribution in [1.29, 1.82) is 0 Å². The number of benzene rings is 1. The normalized spacial score (nSPS) is 12.7. The zero-order valence-corrected chi connectivity index (χ0v) is 12.7. The molecule has 3 nitrogen and oxygen atoms in total. The van der Waals surface area contributed by atoms with E-state index in [1.807, 2.05) is 18.2 Å². The summed E-state index contributed by atoms with van der Waals surface area (Å²) in [5.41, 5.74) is 0.535. The van der Waals surface area contributed by atoms with Gasteiger partial charge in [-0.1, -0.05) is 30.3 Å². The number of esters is 1. The molecule has 23 heavy (non-hydrogen) atoms. The molecule has 2 aromatic rings. The van der Waals surface area contributed by atoms with Crippen LogP contribution in [0.15, 0.2) is 42.6 Å². The molecule has 0 aliphatic rings. The zero-order chi connectivity index (χ0) is 17.0.